The molecule has 0 aliphatic carbocycles. The quantitative estimate of drug-likeness (QED) is 0.276. The fourth-order valence-electron chi connectivity index (χ4n) is 4.88. The molecule has 4 aromatic carbocycles. The lowest BCUT2D eigenvalue weighted by molar-refractivity contribution is -0.118. The molecular formula is C32H30BrN3O3. The van der Waals surface area contributed by atoms with Crippen LogP contribution in [0.3, 0.4) is 0 Å². The Morgan fingerprint density at radius 3 is 1.92 bits per heavy atom. The number of amides is 2. The maximum absolute atomic E-state index is 13.6. The Labute approximate surface area is 237 Å². The smallest absolute Gasteiger partial charge is 0.262 e. The van der Waals surface area contributed by atoms with E-state index < -0.39 is 0 Å². The Bertz CT molecular complexity index is 1350. The van der Waals surface area contributed by atoms with Gasteiger partial charge < -0.3 is 15.0 Å². The second-order valence-corrected chi connectivity index (χ2v) is 10.3. The molecule has 2 amide bonds. The molecule has 7 heteroatoms. The summed E-state index contributed by atoms with van der Waals surface area (Å²) >= 11 is 3.38. The van der Waals surface area contributed by atoms with Gasteiger partial charge in [0.2, 0.25) is 0 Å². The minimum atomic E-state index is -0.323. The molecule has 0 aromatic heterocycles. The number of nitrogens with zero attached hydrogens (tertiary/aromatic N) is 2. The number of anilines is 1. The van der Waals surface area contributed by atoms with E-state index in [1.54, 1.807) is 24.3 Å². The molecule has 5 rings (SSSR count). The number of para-hydroxylation sites is 1. The Morgan fingerprint density at radius 1 is 0.744 bits per heavy atom. The number of carbonyl (C=O) groups excluding carboxylic acids is 2. The van der Waals surface area contributed by atoms with Crippen molar-refractivity contribution in [2.24, 2.45) is 0 Å². The van der Waals surface area contributed by atoms with Crippen molar-refractivity contribution in [2.45, 2.75) is 6.04 Å². The molecule has 39 heavy (non-hydrogen) atoms. The summed E-state index contributed by atoms with van der Waals surface area (Å²) in [5, 5.41) is 2.85. The average molecular weight is 585 g/mol. The molecule has 0 bridgehead atoms. The van der Waals surface area contributed by atoms with Crippen LogP contribution in [0, 0.1) is 0 Å². The van der Waals surface area contributed by atoms with Crippen molar-refractivity contribution in [2.75, 3.05) is 38.1 Å². The van der Waals surface area contributed by atoms with Gasteiger partial charge in [0.05, 0.1) is 17.3 Å². The second kappa shape index (κ2) is 12.7. The molecule has 0 radical (unpaired) electrons. The van der Waals surface area contributed by atoms with Gasteiger partial charge in [-0.25, -0.2) is 0 Å². The first-order valence-corrected chi connectivity index (χ1v) is 13.8. The standard InChI is InChI=1S/C32H30BrN3O3/c33-26-15-17-27(18-16-26)39-23-30(37)34-29-14-8-7-13-28(29)32(38)36-21-19-35(20-22-36)31(24-9-3-1-4-10-24)25-11-5-2-6-12-25/h1-18,31H,19-23H2,(H,34,37). The van der Waals surface area contributed by atoms with E-state index >= 15 is 0 Å². The number of hydrogen-bond donors (Lipinski definition) is 1. The van der Waals surface area contributed by atoms with Gasteiger partial charge in [0, 0.05) is 30.7 Å². The summed E-state index contributed by atoms with van der Waals surface area (Å²) in [6.45, 7) is 2.54. The molecule has 0 spiro atoms. The summed E-state index contributed by atoms with van der Waals surface area (Å²) in [4.78, 5) is 30.5. The van der Waals surface area contributed by atoms with E-state index in [9.17, 15) is 9.59 Å². The van der Waals surface area contributed by atoms with Crippen LogP contribution < -0.4 is 10.1 Å². The predicted molar refractivity (Wildman–Crippen MR) is 157 cm³/mol. The predicted octanol–water partition coefficient (Wildman–Crippen LogP) is 6.01. The molecular weight excluding hydrogens is 554 g/mol. The van der Waals surface area contributed by atoms with Gasteiger partial charge in [0.25, 0.3) is 11.8 Å². The number of carbonyl (C=O) groups is 2. The highest BCUT2D eigenvalue weighted by Crippen LogP contribution is 2.30. The number of hydrogen-bond acceptors (Lipinski definition) is 4. The molecule has 1 aliphatic rings. The van der Waals surface area contributed by atoms with Gasteiger partial charge in [-0.15, -0.1) is 0 Å². The van der Waals surface area contributed by atoms with E-state index in [1.165, 1.54) is 11.1 Å². The summed E-state index contributed by atoms with van der Waals surface area (Å²) < 4.78 is 6.52. The van der Waals surface area contributed by atoms with Crippen LogP contribution in [0.15, 0.2) is 114 Å². The van der Waals surface area contributed by atoms with Gasteiger partial charge in [-0.05, 0) is 47.5 Å². The van der Waals surface area contributed by atoms with Crippen molar-refractivity contribution in [3.8, 4) is 5.75 Å². The van der Waals surface area contributed by atoms with Crippen LogP contribution in [-0.4, -0.2) is 54.4 Å². The summed E-state index contributed by atoms with van der Waals surface area (Å²) in [5.41, 5.74) is 3.44. The molecule has 4 aromatic rings. The molecule has 6 nitrogen and oxygen atoms in total. The van der Waals surface area contributed by atoms with Crippen LogP contribution in [0.5, 0.6) is 5.75 Å². The number of nitrogens with one attached hydrogen (secondary N) is 1. The van der Waals surface area contributed by atoms with Gasteiger partial charge >= 0.3 is 0 Å². The summed E-state index contributed by atoms with van der Waals surface area (Å²) in [5.74, 6) is 0.187. The maximum atomic E-state index is 13.6. The number of halogens is 1. The van der Waals surface area contributed by atoms with E-state index in [-0.39, 0.29) is 24.5 Å². The van der Waals surface area contributed by atoms with Crippen LogP contribution in [0.1, 0.15) is 27.5 Å². The lowest BCUT2D eigenvalue weighted by Gasteiger charge is -2.40. The Hall–Kier alpha value is -3.94. The highest BCUT2D eigenvalue weighted by Gasteiger charge is 2.29. The monoisotopic (exact) mass is 583 g/mol. The zero-order chi connectivity index (χ0) is 27.0. The largest absolute Gasteiger partial charge is 0.484 e. The SMILES string of the molecule is O=C(COc1ccc(Br)cc1)Nc1ccccc1C(=O)N1CCN(C(c2ccccc2)c2ccccc2)CC1. The first kappa shape index (κ1) is 26.7. The van der Waals surface area contributed by atoms with Crippen LogP contribution in [0.25, 0.3) is 0 Å². The third-order valence-electron chi connectivity index (χ3n) is 6.81. The first-order valence-electron chi connectivity index (χ1n) is 13.0. The average Bonchev–Trinajstić information content (AvgIpc) is 2.98. The van der Waals surface area contributed by atoms with Crippen LogP contribution >= 0.6 is 15.9 Å². The minimum absolute atomic E-state index is 0.0876. The summed E-state index contributed by atoms with van der Waals surface area (Å²) in [6.07, 6.45) is 0. The number of benzene rings is 4. The van der Waals surface area contributed by atoms with E-state index in [2.05, 4.69) is 74.7 Å². The lowest BCUT2D eigenvalue weighted by atomic mass is 9.96. The van der Waals surface area contributed by atoms with Crippen molar-refractivity contribution in [1.82, 2.24) is 9.80 Å². The van der Waals surface area contributed by atoms with Gasteiger partial charge in [-0.2, -0.15) is 0 Å². The summed E-state index contributed by atoms with van der Waals surface area (Å²) in [7, 11) is 0. The van der Waals surface area contributed by atoms with E-state index in [1.807, 2.05) is 41.3 Å². The Kier molecular flexibility index (Phi) is 8.71. The second-order valence-electron chi connectivity index (χ2n) is 9.39. The third kappa shape index (κ3) is 6.74. The number of piperazine rings is 1. The molecule has 1 aliphatic heterocycles. The van der Waals surface area contributed by atoms with Gasteiger partial charge in [0.1, 0.15) is 5.75 Å². The lowest BCUT2D eigenvalue weighted by Crippen LogP contribution is -2.50. The zero-order valence-corrected chi connectivity index (χ0v) is 23.1. The highest BCUT2D eigenvalue weighted by atomic mass is 79.9. The molecule has 0 atom stereocenters. The van der Waals surface area contributed by atoms with Crippen molar-refractivity contribution in [3.05, 3.63) is 130 Å². The molecule has 0 unspecified atom stereocenters. The van der Waals surface area contributed by atoms with Crippen molar-refractivity contribution >= 4 is 33.4 Å². The molecule has 0 saturated carbocycles. The highest BCUT2D eigenvalue weighted by molar-refractivity contribution is 9.10. The zero-order valence-electron chi connectivity index (χ0n) is 21.5. The summed E-state index contributed by atoms with van der Waals surface area (Å²) in [6, 6.07) is 35.5. The number of ether oxygens (including phenoxy) is 1. The fourth-order valence-corrected chi connectivity index (χ4v) is 5.15. The number of rotatable bonds is 8. The van der Waals surface area contributed by atoms with Gasteiger partial charge in [0.15, 0.2) is 6.61 Å². The third-order valence-corrected chi connectivity index (χ3v) is 7.34. The molecule has 1 saturated heterocycles. The van der Waals surface area contributed by atoms with Crippen LogP contribution in [-0.2, 0) is 4.79 Å². The topological polar surface area (TPSA) is 61.9 Å². The van der Waals surface area contributed by atoms with Gasteiger partial charge in [-0.3, -0.25) is 14.5 Å². The minimum Gasteiger partial charge on any atom is -0.484 e. The molecule has 1 heterocycles. The van der Waals surface area contributed by atoms with Crippen molar-refractivity contribution in [3.63, 3.8) is 0 Å². The molecule has 1 fully saturated rings. The molecule has 198 valence electrons. The first-order chi connectivity index (χ1) is 19.1. The van der Waals surface area contributed by atoms with E-state index in [4.69, 9.17) is 4.74 Å². The Balaban J connectivity index is 1.23. The van der Waals surface area contributed by atoms with Crippen LogP contribution in [0.4, 0.5) is 5.69 Å². The van der Waals surface area contributed by atoms with Crippen molar-refractivity contribution in [1.29, 1.82) is 0 Å². The Morgan fingerprint density at radius 2 is 1.31 bits per heavy atom. The van der Waals surface area contributed by atoms with E-state index in [0.29, 0.717) is 30.1 Å². The van der Waals surface area contributed by atoms with E-state index in [0.717, 1.165) is 17.6 Å². The maximum Gasteiger partial charge on any atom is 0.262 e. The van der Waals surface area contributed by atoms with Crippen LogP contribution in [0.2, 0.25) is 0 Å². The molecule has 1 N–H and O–H groups in total. The van der Waals surface area contributed by atoms with Crippen molar-refractivity contribution < 1.29 is 14.3 Å². The van der Waals surface area contributed by atoms with Gasteiger partial charge in [-0.1, -0.05) is 88.7 Å². The normalized spacial score (nSPS) is 13.7. The fraction of sp³-hybridized carbons (Fsp3) is 0.188.